The van der Waals surface area contributed by atoms with Crippen molar-refractivity contribution in [3.63, 3.8) is 0 Å². The summed E-state index contributed by atoms with van der Waals surface area (Å²) in [7, 11) is 2.14. The summed E-state index contributed by atoms with van der Waals surface area (Å²) in [5.74, 6) is 0.767. The Morgan fingerprint density at radius 3 is 2.71 bits per heavy atom. The molecule has 1 aliphatic rings. The monoisotopic (exact) mass is 376 g/mol. The summed E-state index contributed by atoms with van der Waals surface area (Å²) in [6, 6.07) is 10.1. The standard InChI is InChI=1S/C21H24N6O/c1-13-10-14(2)27(25-13)21-23-19(11-20(24-21)22-15(3)28)18-7-5-6-16-12-26(4)9-8-17(16)18/h5-7,10-11H,8-9,12H2,1-4H3,(H,22,23,24,28). The molecule has 7 nitrogen and oxygen atoms in total. The smallest absolute Gasteiger partial charge is 0.253 e. The second kappa shape index (κ2) is 7.16. The summed E-state index contributed by atoms with van der Waals surface area (Å²) in [6.07, 6.45) is 0.969. The molecule has 3 aromatic rings. The lowest BCUT2D eigenvalue weighted by Crippen LogP contribution is -2.27. The first-order valence-corrected chi connectivity index (χ1v) is 9.40. The quantitative estimate of drug-likeness (QED) is 0.761. The van der Waals surface area contributed by atoms with E-state index < -0.39 is 0 Å². The van der Waals surface area contributed by atoms with Crippen LogP contribution in [0.4, 0.5) is 5.82 Å². The fourth-order valence-electron chi connectivity index (χ4n) is 3.73. The molecule has 1 amide bonds. The molecule has 1 aliphatic heterocycles. The maximum absolute atomic E-state index is 11.6. The molecule has 1 aromatic carbocycles. The van der Waals surface area contributed by atoms with Crippen LogP contribution in [0.1, 0.15) is 29.4 Å². The van der Waals surface area contributed by atoms with Gasteiger partial charge in [0.05, 0.1) is 11.4 Å². The van der Waals surface area contributed by atoms with Crippen molar-refractivity contribution in [3.8, 4) is 17.2 Å². The van der Waals surface area contributed by atoms with Gasteiger partial charge in [-0.05, 0) is 44.5 Å². The van der Waals surface area contributed by atoms with Gasteiger partial charge in [0.25, 0.3) is 5.95 Å². The van der Waals surface area contributed by atoms with E-state index in [0.29, 0.717) is 11.8 Å². The molecular weight excluding hydrogens is 352 g/mol. The number of amides is 1. The summed E-state index contributed by atoms with van der Waals surface area (Å²) in [5, 5.41) is 7.30. The Morgan fingerprint density at radius 2 is 2.00 bits per heavy atom. The van der Waals surface area contributed by atoms with E-state index in [1.807, 2.05) is 26.0 Å². The minimum absolute atomic E-state index is 0.166. The van der Waals surface area contributed by atoms with Gasteiger partial charge in [-0.2, -0.15) is 10.1 Å². The Morgan fingerprint density at radius 1 is 1.18 bits per heavy atom. The number of nitrogens with one attached hydrogen (secondary N) is 1. The Balaban J connectivity index is 1.88. The highest BCUT2D eigenvalue weighted by atomic mass is 16.1. The van der Waals surface area contributed by atoms with Gasteiger partial charge < -0.3 is 10.2 Å². The molecule has 0 saturated carbocycles. The van der Waals surface area contributed by atoms with Gasteiger partial charge in [-0.1, -0.05) is 18.2 Å². The summed E-state index contributed by atoms with van der Waals surface area (Å²) in [5.41, 5.74) is 6.35. The minimum Gasteiger partial charge on any atom is -0.311 e. The fraction of sp³-hybridized carbons (Fsp3) is 0.333. The Bertz CT molecular complexity index is 1060. The van der Waals surface area contributed by atoms with Crippen LogP contribution in [-0.2, 0) is 17.8 Å². The van der Waals surface area contributed by atoms with Crippen LogP contribution in [0.25, 0.3) is 17.2 Å². The van der Waals surface area contributed by atoms with Gasteiger partial charge in [0.15, 0.2) is 0 Å². The van der Waals surface area contributed by atoms with Crippen LogP contribution < -0.4 is 5.32 Å². The van der Waals surface area contributed by atoms with Crippen molar-refractivity contribution in [2.75, 3.05) is 18.9 Å². The van der Waals surface area contributed by atoms with Crippen LogP contribution in [-0.4, -0.2) is 44.1 Å². The molecule has 0 unspecified atom stereocenters. The summed E-state index contributed by atoms with van der Waals surface area (Å²) in [6.45, 7) is 7.32. The molecule has 1 N–H and O–H groups in total. The predicted octanol–water partition coefficient (Wildman–Crippen LogP) is 2.89. The predicted molar refractivity (Wildman–Crippen MR) is 108 cm³/mol. The first-order valence-electron chi connectivity index (χ1n) is 9.40. The number of aromatic nitrogens is 4. The third-order valence-corrected chi connectivity index (χ3v) is 4.95. The van der Waals surface area contributed by atoms with Crippen molar-refractivity contribution in [1.29, 1.82) is 0 Å². The van der Waals surface area contributed by atoms with Crippen molar-refractivity contribution < 1.29 is 4.79 Å². The molecule has 2 aromatic heterocycles. The van der Waals surface area contributed by atoms with E-state index in [2.05, 4.69) is 45.5 Å². The van der Waals surface area contributed by atoms with Crippen LogP contribution in [0.5, 0.6) is 0 Å². The number of aryl methyl sites for hydroxylation is 2. The van der Waals surface area contributed by atoms with E-state index in [1.54, 1.807) is 4.68 Å². The topological polar surface area (TPSA) is 75.9 Å². The lowest BCUT2D eigenvalue weighted by Gasteiger charge is -2.26. The van der Waals surface area contributed by atoms with Crippen LogP contribution in [0.2, 0.25) is 0 Å². The zero-order valence-corrected chi connectivity index (χ0v) is 16.7. The molecule has 0 spiro atoms. The highest BCUT2D eigenvalue weighted by molar-refractivity contribution is 5.88. The number of carbonyl (C=O) groups is 1. The molecule has 0 radical (unpaired) electrons. The third kappa shape index (κ3) is 3.53. The number of nitrogens with zero attached hydrogens (tertiary/aromatic N) is 5. The van der Waals surface area contributed by atoms with Gasteiger partial charge in [-0.3, -0.25) is 4.79 Å². The number of hydrogen-bond donors (Lipinski definition) is 1. The summed E-state index contributed by atoms with van der Waals surface area (Å²) in [4.78, 5) is 23.3. The average molecular weight is 376 g/mol. The maximum Gasteiger partial charge on any atom is 0.253 e. The van der Waals surface area contributed by atoms with E-state index in [0.717, 1.165) is 42.2 Å². The largest absolute Gasteiger partial charge is 0.311 e. The van der Waals surface area contributed by atoms with Gasteiger partial charge in [0.2, 0.25) is 5.91 Å². The van der Waals surface area contributed by atoms with Crippen LogP contribution >= 0.6 is 0 Å². The van der Waals surface area contributed by atoms with Crippen molar-refractivity contribution in [3.05, 3.63) is 52.8 Å². The van der Waals surface area contributed by atoms with Gasteiger partial charge in [-0.15, -0.1) is 0 Å². The number of fused-ring (bicyclic) bond motifs is 1. The molecule has 0 atom stereocenters. The number of likely N-dealkylation sites (N-methyl/N-ethyl adjacent to an activating group) is 1. The molecule has 0 saturated heterocycles. The Kier molecular flexibility index (Phi) is 4.68. The van der Waals surface area contributed by atoms with Crippen molar-refractivity contribution in [2.45, 2.75) is 33.7 Å². The van der Waals surface area contributed by atoms with Gasteiger partial charge >= 0.3 is 0 Å². The molecule has 7 heteroatoms. The van der Waals surface area contributed by atoms with Gasteiger partial charge in [0, 0.05) is 37.3 Å². The molecule has 4 rings (SSSR count). The van der Waals surface area contributed by atoms with Crippen molar-refractivity contribution >= 4 is 11.7 Å². The molecule has 3 heterocycles. The fourth-order valence-corrected chi connectivity index (χ4v) is 3.73. The normalized spacial score (nSPS) is 14.0. The molecule has 28 heavy (non-hydrogen) atoms. The first kappa shape index (κ1) is 18.3. The molecule has 0 aliphatic carbocycles. The lowest BCUT2D eigenvalue weighted by molar-refractivity contribution is -0.114. The zero-order chi connectivity index (χ0) is 19.8. The van der Waals surface area contributed by atoms with E-state index in [-0.39, 0.29) is 5.91 Å². The van der Waals surface area contributed by atoms with Gasteiger partial charge in [-0.25, -0.2) is 9.67 Å². The van der Waals surface area contributed by atoms with Gasteiger partial charge in [0.1, 0.15) is 5.82 Å². The summed E-state index contributed by atoms with van der Waals surface area (Å²) < 4.78 is 1.72. The third-order valence-electron chi connectivity index (χ3n) is 4.95. The number of rotatable bonds is 3. The number of carbonyl (C=O) groups excluding carboxylic acids is 1. The SMILES string of the molecule is CC(=O)Nc1cc(-c2cccc3c2CCN(C)C3)nc(-n2nc(C)cc2C)n1. The van der Waals surface area contributed by atoms with Crippen molar-refractivity contribution in [2.24, 2.45) is 0 Å². The molecule has 0 fully saturated rings. The van der Waals surface area contributed by atoms with E-state index >= 15 is 0 Å². The van der Waals surface area contributed by atoms with E-state index in [4.69, 9.17) is 4.98 Å². The minimum atomic E-state index is -0.166. The highest BCUT2D eigenvalue weighted by Crippen LogP contribution is 2.30. The first-order chi connectivity index (χ1) is 13.4. The van der Waals surface area contributed by atoms with Crippen LogP contribution in [0.15, 0.2) is 30.3 Å². The van der Waals surface area contributed by atoms with Crippen LogP contribution in [0, 0.1) is 13.8 Å². The second-order valence-corrected chi connectivity index (χ2v) is 7.39. The lowest BCUT2D eigenvalue weighted by atomic mass is 9.93. The average Bonchev–Trinajstić information content (AvgIpc) is 2.98. The molecular formula is C21H24N6O. The molecule has 0 bridgehead atoms. The highest BCUT2D eigenvalue weighted by Gasteiger charge is 2.19. The number of benzene rings is 1. The van der Waals surface area contributed by atoms with Crippen LogP contribution in [0.3, 0.4) is 0 Å². The maximum atomic E-state index is 11.6. The number of anilines is 1. The second-order valence-electron chi connectivity index (χ2n) is 7.39. The Hall–Kier alpha value is -3.06. The van der Waals surface area contributed by atoms with E-state index in [9.17, 15) is 4.79 Å². The molecule has 144 valence electrons. The zero-order valence-electron chi connectivity index (χ0n) is 16.7. The summed E-state index contributed by atoms with van der Waals surface area (Å²) >= 11 is 0. The number of hydrogen-bond acceptors (Lipinski definition) is 5. The Labute approximate surface area is 164 Å². The van der Waals surface area contributed by atoms with E-state index in [1.165, 1.54) is 18.1 Å². The van der Waals surface area contributed by atoms with Crippen molar-refractivity contribution in [1.82, 2.24) is 24.6 Å².